The number of nitriles is 1. The number of phenolic OH excluding ortho intramolecular Hbond substituents is 1. The van der Waals surface area contributed by atoms with Crippen LogP contribution in [0.4, 0.5) is 5.69 Å². The molecule has 5 heteroatoms. The van der Waals surface area contributed by atoms with Gasteiger partial charge in [0.15, 0.2) is 6.04 Å². The number of phenols is 1. The number of fused-ring (bicyclic) bond motifs is 1. The molecule has 5 nitrogen and oxygen atoms in total. The monoisotopic (exact) mass is 342 g/mol. The second kappa shape index (κ2) is 6.26. The Hall–Kier alpha value is -3.78. The summed E-state index contributed by atoms with van der Waals surface area (Å²) in [7, 11) is 0. The highest BCUT2D eigenvalue weighted by atomic mass is 16.5. The number of carbonyl (C=O) groups is 1. The smallest absolute Gasteiger partial charge is 0.260 e. The highest BCUT2D eigenvalue weighted by molar-refractivity contribution is 6.12. The molecule has 1 amide bonds. The first-order chi connectivity index (χ1) is 12.7. The van der Waals surface area contributed by atoms with Crippen LogP contribution >= 0.6 is 0 Å². The average molecular weight is 342 g/mol. The molecule has 0 saturated heterocycles. The molecule has 3 aromatic rings. The highest BCUT2D eigenvalue weighted by Crippen LogP contribution is 2.42. The first-order valence-electron chi connectivity index (χ1n) is 8.07. The van der Waals surface area contributed by atoms with Gasteiger partial charge in [-0.1, -0.05) is 30.3 Å². The van der Waals surface area contributed by atoms with E-state index >= 15 is 0 Å². The first kappa shape index (κ1) is 15.7. The third-order valence-electron chi connectivity index (χ3n) is 4.27. The lowest BCUT2D eigenvalue weighted by Crippen LogP contribution is -2.26. The molecular weight excluding hydrogens is 328 g/mol. The predicted octanol–water partition coefficient (Wildman–Crippen LogP) is 4.41. The Bertz CT molecular complexity index is 1020. The van der Waals surface area contributed by atoms with E-state index in [4.69, 9.17) is 4.74 Å². The molecule has 1 atom stereocenters. The second-order valence-corrected chi connectivity index (χ2v) is 5.86. The number of nitrogens with zero attached hydrogens (tertiary/aromatic N) is 2. The SMILES string of the molecule is N#CC1c2cc(Oc3ccccc3)ccc2C(=O)N1c1ccccc1O. The first-order valence-corrected chi connectivity index (χ1v) is 8.07. The number of aromatic hydroxyl groups is 1. The summed E-state index contributed by atoms with van der Waals surface area (Å²) in [5, 5.41) is 19.8. The molecule has 0 saturated carbocycles. The lowest BCUT2D eigenvalue weighted by Gasteiger charge is -2.21. The fourth-order valence-corrected chi connectivity index (χ4v) is 3.08. The molecule has 1 aliphatic heterocycles. The van der Waals surface area contributed by atoms with E-state index in [1.54, 1.807) is 36.4 Å². The Morgan fingerprint density at radius 3 is 2.42 bits per heavy atom. The number of amides is 1. The summed E-state index contributed by atoms with van der Waals surface area (Å²) in [4.78, 5) is 14.1. The van der Waals surface area contributed by atoms with Gasteiger partial charge in [-0.3, -0.25) is 9.69 Å². The zero-order valence-corrected chi connectivity index (χ0v) is 13.7. The van der Waals surface area contributed by atoms with E-state index < -0.39 is 6.04 Å². The Morgan fingerprint density at radius 1 is 0.962 bits per heavy atom. The molecule has 0 spiro atoms. The van der Waals surface area contributed by atoms with Crippen molar-refractivity contribution in [3.63, 3.8) is 0 Å². The normalized spacial score (nSPS) is 15.4. The Labute approximate surface area is 150 Å². The molecule has 126 valence electrons. The standard InChI is InChI=1S/C21H14N2O3/c22-13-19-17-12-15(26-14-6-2-1-3-7-14)10-11-16(17)21(25)23(19)18-8-4-5-9-20(18)24/h1-12,19,24H. The summed E-state index contributed by atoms with van der Waals surface area (Å²) in [6, 6.07) is 22.1. The Kier molecular flexibility index (Phi) is 3.79. The van der Waals surface area contributed by atoms with Crippen molar-refractivity contribution in [1.29, 1.82) is 5.26 Å². The average Bonchev–Trinajstić information content (AvgIpc) is 2.94. The van der Waals surface area contributed by atoms with E-state index in [1.807, 2.05) is 30.3 Å². The largest absolute Gasteiger partial charge is 0.506 e. The molecule has 26 heavy (non-hydrogen) atoms. The molecule has 3 aromatic carbocycles. The molecule has 1 N–H and O–H groups in total. The van der Waals surface area contributed by atoms with Crippen LogP contribution in [0.25, 0.3) is 0 Å². The van der Waals surface area contributed by atoms with Gasteiger partial charge in [-0.15, -0.1) is 0 Å². The van der Waals surface area contributed by atoms with Gasteiger partial charge in [0.1, 0.15) is 17.2 Å². The van der Waals surface area contributed by atoms with Gasteiger partial charge in [-0.25, -0.2) is 0 Å². The van der Waals surface area contributed by atoms with Crippen molar-refractivity contribution in [2.24, 2.45) is 0 Å². The van der Waals surface area contributed by atoms with E-state index in [1.165, 1.54) is 11.0 Å². The van der Waals surface area contributed by atoms with E-state index in [0.29, 0.717) is 28.3 Å². The molecular formula is C21H14N2O3. The van der Waals surface area contributed by atoms with Crippen LogP contribution in [0, 0.1) is 11.3 Å². The van der Waals surface area contributed by atoms with Crippen molar-refractivity contribution >= 4 is 11.6 Å². The van der Waals surface area contributed by atoms with Crippen molar-refractivity contribution in [1.82, 2.24) is 0 Å². The third-order valence-corrected chi connectivity index (χ3v) is 4.27. The van der Waals surface area contributed by atoms with Gasteiger partial charge in [-0.2, -0.15) is 5.26 Å². The summed E-state index contributed by atoms with van der Waals surface area (Å²) in [5.41, 5.74) is 1.31. The minimum Gasteiger partial charge on any atom is -0.506 e. The number of anilines is 1. The summed E-state index contributed by atoms with van der Waals surface area (Å²) in [6.07, 6.45) is 0. The van der Waals surface area contributed by atoms with Gasteiger partial charge < -0.3 is 9.84 Å². The minimum absolute atomic E-state index is 0.0466. The zero-order valence-electron chi connectivity index (χ0n) is 13.7. The van der Waals surface area contributed by atoms with Crippen LogP contribution in [0.15, 0.2) is 72.8 Å². The van der Waals surface area contributed by atoms with Crippen molar-refractivity contribution < 1.29 is 14.6 Å². The van der Waals surface area contributed by atoms with Gasteiger partial charge in [0.05, 0.1) is 11.8 Å². The highest BCUT2D eigenvalue weighted by Gasteiger charge is 2.39. The third kappa shape index (κ3) is 2.54. The molecule has 0 aromatic heterocycles. The number of benzene rings is 3. The number of para-hydroxylation sites is 3. The van der Waals surface area contributed by atoms with E-state index in [0.717, 1.165) is 0 Å². The molecule has 1 heterocycles. The molecule has 0 aliphatic carbocycles. The van der Waals surface area contributed by atoms with Gasteiger partial charge in [0, 0.05) is 11.1 Å². The van der Waals surface area contributed by atoms with Crippen LogP contribution in [-0.2, 0) is 0 Å². The summed E-state index contributed by atoms with van der Waals surface area (Å²) >= 11 is 0. The van der Waals surface area contributed by atoms with Gasteiger partial charge >= 0.3 is 0 Å². The van der Waals surface area contributed by atoms with Crippen LogP contribution in [0.2, 0.25) is 0 Å². The van der Waals surface area contributed by atoms with Crippen LogP contribution < -0.4 is 9.64 Å². The summed E-state index contributed by atoms with van der Waals surface area (Å²) < 4.78 is 5.81. The lowest BCUT2D eigenvalue weighted by atomic mass is 10.1. The van der Waals surface area contributed by atoms with Crippen molar-refractivity contribution in [2.45, 2.75) is 6.04 Å². The number of hydrogen-bond donors (Lipinski definition) is 1. The maximum atomic E-state index is 12.8. The zero-order chi connectivity index (χ0) is 18.1. The van der Waals surface area contributed by atoms with Gasteiger partial charge in [-0.05, 0) is 42.5 Å². The van der Waals surface area contributed by atoms with Crippen molar-refractivity contribution in [3.8, 4) is 23.3 Å². The molecule has 4 rings (SSSR count). The maximum Gasteiger partial charge on any atom is 0.260 e. The molecule has 1 aliphatic rings. The fraction of sp³-hybridized carbons (Fsp3) is 0.0476. The number of hydrogen-bond acceptors (Lipinski definition) is 4. The Morgan fingerprint density at radius 2 is 1.69 bits per heavy atom. The lowest BCUT2D eigenvalue weighted by molar-refractivity contribution is 0.0993. The molecule has 0 bridgehead atoms. The number of rotatable bonds is 3. The fourth-order valence-electron chi connectivity index (χ4n) is 3.08. The molecule has 0 radical (unpaired) electrons. The molecule has 1 unspecified atom stereocenters. The van der Waals surface area contributed by atoms with Crippen molar-refractivity contribution in [2.75, 3.05) is 4.90 Å². The maximum absolute atomic E-state index is 12.8. The van der Waals surface area contributed by atoms with Crippen LogP contribution in [0.5, 0.6) is 17.2 Å². The summed E-state index contributed by atoms with van der Waals surface area (Å²) in [5.74, 6) is 0.846. The number of carbonyl (C=O) groups excluding carboxylic acids is 1. The van der Waals surface area contributed by atoms with Gasteiger partial charge in [0.25, 0.3) is 5.91 Å². The van der Waals surface area contributed by atoms with E-state index in [9.17, 15) is 15.2 Å². The quantitative estimate of drug-likeness (QED) is 0.765. The van der Waals surface area contributed by atoms with E-state index in [-0.39, 0.29) is 11.7 Å². The second-order valence-electron chi connectivity index (χ2n) is 5.86. The van der Waals surface area contributed by atoms with E-state index in [2.05, 4.69) is 6.07 Å². The van der Waals surface area contributed by atoms with Crippen LogP contribution in [0.1, 0.15) is 22.0 Å². The number of ether oxygens (including phenoxy) is 1. The summed E-state index contributed by atoms with van der Waals surface area (Å²) in [6.45, 7) is 0. The topological polar surface area (TPSA) is 73.6 Å². The van der Waals surface area contributed by atoms with Crippen LogP contribution in [0.3, 0.4) is 0 Å². The van der Waals surface area contributed by atoms with Crippen LogP contribution in [-0.4, -0.2) is 11.0 Å². The molecule has 0 fully saturated rings. The predicted molar refractivity (Wildman–Crippen MR) is 96.2 cm³/mol. The minimum atomic E-state index is -0.829. The van der Waals surface area contributed by atoms with Gasteiger partial charge in [0.2, 0.25) is 0 Å². The van der Waals surface area contributed by atoms with Crippen molar-refractivity contribution in [3.05, 3.63) is 83.9 Å². The Balaban J connectivity index is 1.74.